The quantitative estimate of drug-likeness (QED) is 0.815. The molecule has 0 radical (unpaired) electrons. The maximum absolute atomic E-state index is 12.4. The molecule has 5 heteroatoms. The van der Waals surface area contributed by atoms with Crippen molar-refractivity contribution in [1.82, 2.24) is 10.2 Å². The van der Waals surface area contributed by atoms with E-state index in [0.717, 1.165) is 32.1 Å². The first-order valence-corrected chi connectivity index (χ1v) is 9.07. The number of aliphatic hydroxyl groups is 1. The molecular weight excluding hydrogens is 292 g/mol. The highest BCUT2D eigenvalue weighted by Gasteiger charge is 2.45. The number of ether oxygens (including phenoxy) is 1. The molecule has 2 saturated heterocycles. The molecule has 0 aromatic heterocycles. The van der Waals surface area contributed by atoms with E-state index in [4.69, 9.17) is 4.74 Å². The summed E-state index contributed by atoms with van der Waals surface area (Å²) in [6.07, 6.45) is 4.88. The Balaban J connectivity index is 1.92. The molecule has 2 fully saturated rings. The van der Waals surface area contributed by atoms with Crippen LogP contribution in [0.2, 0.25) is 0 Å². The number of carbonyl (C=O) groups excluding carboxylic acids is 1. The Morgan fingerprint density at radius 3 is 2.26 bits per heavy atom. The highest BCUT2D eigenvalue weighted by Crippen LogP contribution is 2.37. The van der Waals surface area contributed by atoms with Crippen LogP contribution >= 0.6 is 0 Å². The van der Waals surface area contributed by atoms with E-state index < -0.39 is 5.60 Å². The molecule has 0 aromatic carbocycles. The Labute approximate surface area is 140 Å². The fourth-order valence-corrected chi connectivity index (χ4v) is 4.02. The van der Waals surface area contributed by atoms with E-state index in [9.17, 15) is 9.90 Å². The van der Waals surface area contributed by atoms with Crippen LogP contribution in [0.1, 0.15) is 66.7 Å². The van der Waals surface area contributed by atoms with Crippen LogP contribution in [-0.2, 0) is 4.74 Å². The summed E-state index contributed by atoms with van der Waals surface area (Å²) in [5, 5.41) is 13.2. The van der Waals surface area contributed by atoms with Gasteiger partial charge in [0.1, 0.15) is 5.60 Å². The Morgan fingerprint density at radius 2 is 1.83 bits per heavy atom. The monoisotopic (exact) mass is 326 g/mol. The van der Waals surface area contributed by atoms with Crippen molar-refractivity contribution < 1.29 is 14.6 Å². The summed E-state index contributed by atoms with van der Waals surface area (Å²) in [6.45, 7) is 10.3. The molecule has 1 amide bonds. The van der Waals surface area contributed by atoms with Crippen molar-refractivity contribution in [2.75, 3.05) is 6.61 Å². The van der Waals surface area contributed by atoms with E-state index >= 15 is 0 Å². The number of nitrogens with one attached hydrogen (secondary N) is 1. The van der Waals surface area contributed by atoms with Crippen LogP contribution in [0, 0.1) is 5.92 Å². The number of nitrogens with zero attached hydrogens (tertiary/aromatic N) is 1. The lowest BCUT2D eigenvalue weighted by molar-refractivity contribution is 0.00375. The third-order valence-electron chi connectivity index (χ3n) is 4.79. The molecule has 0 spiro atoms. The number of hydrogen-bond donors (Lipinski definition) is 2. The molecule has 3 atom stereocenters. The van der Waals surface area contributed by atoms with Gasteiger partial charge in [0, 0.05) is 24.2 Å². The molecule has 5 nitrogen and oxygen atoms in total. The fourth-order valence-electron chi connectivity index (χ4n) is 4.02. The first kappa shape index (κ1) is 18.5. The van der Waals surface area contributed by atoms with Crippen LogP contribution in [0.3, 0.4) is 0 Å². The minimum absolute atomic E-state index is 0.160. The molecule has 2 heterocycles. The van der Waals surface area contributed by atoms with Crippen LogP contribution in [0.25, 0.3) is 0 Å². The van der Waals surface area contributed by atoms with Crippen molar-refractivity contribution in [3.8, 4) is 0 Å². The van der Waals surface area contributed by atoms with Crippen molar-refractivity contribution in [3.05, 3.63) is 0 Å². The lowest BCUT2D eigenvalue weighted by Crippen LogP contribution is -2.54. The molecule has 2 bridgehead atoms. The van der Waals surface area contributed by atoms with Crippen LogP contribution in [0.4, 0.5) is 4.79 Å². The number of piperidine rings is 1. The topological polar surface area (TPSA) is 61.8 Å². The van der Waals surface area contributed by atoms with E-state index in [1.165, 1.54) is 0 Å². The Bertz CT molecular complexity index is 392. The normalized spacial score (nSPS) is 29.0. The third-order valence-corrected chi connectivity index (χ3v) is 4.79. The van der Waals surface area contributed by atoms with Gasteiger partial charge in [-0.3, -0.25) is 0 Å². The van der Waals surface area contributed by atoms with Crippen molar-refractivity contribution in [2.45, 2.75) is 96.5 Å². The Hall–Kier alpha value is -0.810. The zero-order valence-corrected chi connectivity index (χ0v) is 15.3. The molecule has 2 aliphatic rings. The third kappa shape index (κ3) is 5.08. The van der Waals surface area contributed by atoms with E-state index in [0.29, 0.717) is 12.0 Å². The van der Waals surface area contributed by atoms with Gasteiger partial charge < -0.3 is 20.1 Å². The number of hydrogen-bond acceptors (Lipinski definition) is 4. The largest absolute Gasteiger partial charge is 0.444 e. The number of rotatable bonds is 5. The van der Waals surface area contributed by atoms with Crippen molar-refractivity contribution >= 4 is 6.09 Å². The highest BCUT2D eigenvalue weighted by molar-refractivity contribution is 5.69. The summed E-state index contributed by atoms with van der Waals surface area (Å²) < 4.78 is 5.57. The van der Waals surface area contributed by atoms with Crippen molar-refractivity contribution in [3.63, 3.8) is 0 Å². The van der Waals surface area contributed by atoms with Gasteiger partial charge in [0.2, 0.25) is 0 Å². The van der Waals surface area contributed by atoms with E-state index in [1.807, 2.05) is 25.7 Å². The van der Waals surface area contributed by atoms with Gasteiger partial charge in [0.25, 0.3) is 0 Å². The lowest BCUT2D eigenvalue weighted by atomic mass is 9.95. The van der Waals surface area contributed by atoms with Crippen LogP contribution in [0.5, 0.6) is 0 Å². The second-order valence-corrected chi connectivity index (χ2v) is 8.62. The SMILES string of the molecule is CC(C)CC(CO)NC1CC2CCC(C1)N2C(=O)OC(C)(C)C. The molecule has 2 N–H and O–H groups in total. The molecule has 23 heavy (non-hydrogen) atoms. The van der Waals surface area contributed by atoms with E-state index in [-0.39, 0.29) is 30.8 Å². The summed E-state index contributed by atoms with van der Waals surface area (Å²) in [5.41, 5.74) is -0.440. The molecule has 134 valence electrons. The average molecular weight is 326 g/mol. The molecule has 0 aromatic rings. The minimum Gasteiger partial charge on any atom is -0.444 e. The number of aliphatic hydroxyl groups excluding tert-OH is 1. The molecule has 2 aliphatic heterocycles. The number of amides is 1. The van der Waals surface area contributed by atoms with Gasteiger partial charge >= 0.3 is 6.09 Å². The number of fused-ring (bicyclic) bond motifs is 2. The second kappa shape index (κ2) is 7.39. The van der Waals surface area contributed by atoms with Crippen LogP contribution < -0.4 is 5.32 Å². The Kier molecular flexibility index (Phi) is 5.95. The van der Waals surface area contributed by atoms with Gasteiger partial charge in [0.05, 0.1) is 6.61 Å². The van der Waals surface area contributed by atoms with Gasteiger partial charge in [-0.1, -0.05) is 13.8 Å². The summed E-state index contributed by atoms with van der Waals surface area (Å²) in [7, 11) is 0. The van der Waals surface area contributed by atoms with Crippen LogP contribution in [0.15, 0.2) is 0 Å². The van der Waals surface area contributed by atoms with E-state index in [1.54, 1.807) is 0 Å². The summed E-state index contributed by atoms with van der Waals surface area (Å²) in [4.78, 5) is 14.4. The molecule has 0 saturated carbocycles. The second-order valence-electron chi connectivity index (χ2n) is 8.62. The zero-order chi connectivity index (χ0) is 17.2. The molecule has 0 aliphatic carbocycles. The standard InChI is InChI=1S/C18H34N2O3/c1-12(2)8-14(11-21)19-13-9-15-6-7-16(10-13)20(15)17(22)23-18(3,4)5/h12-16,19,21H,6-11H2,1-5H3. The summed E-state index contributed by atoms with van der Waals surface area (Å²) >= 11 is 0. The lowest BCUT2D eigenvalue weighted by Gasteiger charge is -2.40. The summed E-state index contributed by atoms with van der Waals surface area (Å²) in [6, 6.07) is 1.11. The van der Waals surface area contributed by atoms with Gasteiger partial charge in [-0.25, -0.2) is 4.79 Å². The average Bonchev–Trinajstić information content (AvgIpc) is 2.67. The van der Waals surface area contributed by atoms with Gasteiger partial charge in [-0.2, -0.15) is 0 Å². The highest BCUT2D eigenvalue weighted by atomic mass is 16.6. The smallest absolute Gasteiger partial charge is 0.410 e. The van der Waals surface area contributed by atoms with E-state index in [2.05, 4.69) is 19.2 Å². The van der Waals surface area contributed by atoms with Crippen molar-refractivity contribution in [2.24, 2.45) is 5.92 Å². The Morgan fingerprint density at radius 1 is 1.26 bits per heavy atom. The molecule has 2 rings (SSSR count). The maximum atomic E-state index is 12.4. The number of carbonyl (C=O) groups is 1. The van der Waals surface area contributed by atoms with Gasteiger partial charge in [-0.05, 0) is 58.8 Å². The minimum atomic E-state index is -0.440. The predicted octanol–water partition coefficient (Wildman–Crippen LogP) is 2.91. The maximum Gasteiger partial charge on any atom is 0.410 e. The fraction of sp³-hybridized carbons (Fsp3) is 0.944. The molecule has 3 unspecified atom stereocenters. The van der Waals surface area contributed by atoms with Crippen molar-refractivity contribution in [1.29, 1.82) is 0 Å². The summed E-state index contributed by atoms with van der Waals surface area (Å²) in [5.74, 6) is 0.568. The molecular formula is C18H34N2O3. The first-order valence-electron chi connectivity index (χ1n) is 9.07. The van der Waals surface area contributed by atoms with Crippen LogP contribution in [-0.4, -0.2) is 52.5 Å². The predicted molar refractivity (Wildman–Crippen MR) is 91.4 cm³/mol. The zero-order valence-electron chi connectivity index (χ0n) is 15.3. The van der Waals surface area contributed by atoms with Gasteiger partial charge in [-0.15, -0.1) is 0 Å². The van der Waals surface area contributed by atoms with Gasteiger partial charge in [0.15, 0.2) is 0 Å². The first-order chi connectivity index (χ1) is 10.7.